The summed E-state index contributed by atoms with van der Waals surface area (Å²) in [6.07, 6.45) is 31.6. The average molecular weight is 743 g/mol. The highest BCUT2D eigenvalue weighted by Crippen LogP contribution is 2.35. The third-order valence-electron chi connectivity index (χ3n) is 11.0. The van der Waals surface area contributed by atoms with Crippen molar-refractivity contribution in [1.82, 2.24) is 15.0 Å². The number of amides is 1. The minimum absolute atomic E-state index is 0.0360. The van der Waals surface area contributed by atoms with E-state index in [1.807, 2.05) is 18.2 Å². The zero-order valence-corrected chi connectivity index (χ0v) is 33.4. The summed E-state index contributed by atoms with van der Waals surface area (Å²) in [5.74, 6) is -0.895. The van der Waals surface area contributed by atoms with Crippen molar-refractivity contribution < 1.29 is 9.18 Å². The summed E-state index contributed by atoms with van der Waals surface area (Å²) in [4.78, 5) is 53.2. The van der Waals surface area contributed by atoms with Gasteiger partial charge in [0.2, 0.25) is 0 Å². The zero-order valence-electron chi connectivity index (χ0n) is 33.4. The van der Waals surface area contributed by atoms with Crippen molar-refractivity contribution in [2.24, 2.45) is 0 Å². The maximum atomic E-state index is 14.6. The maximum absolute atomic E-state index is 14.6. The molecule has 1 amide bonds. The molecule has 3 aromatic rings. The molecule has 0 unspecified atom stereocenters. The molecule has 54 heavy (non-hydrogen) atoms. The van der Waals surface area contributed by atoms with E-state index in [2.05, 4.69) is 28.8 Å². The summed E-state index contributed by atoms with van der Waals surface area (Å²) in [5.41, 5.74) is 1.16. The van der Waals surface area contributed by atoms with Crippen LogP contribution in [0.15, 0.2) is 52.2 Å². The number of carbonyl (C=O) groups excluding carboxylic acids is 1. The van der Waals surface area contributed by atoms with E-state index in [-0.39, 0.29) is 16.3 Å². The predicted molar refractivity (Wildman–Crippen MR) is 222 cm³/mol. The second kappa shape index (κ2) is 24.6. The van der Waals surface area contributed by atoms with Crippen LogP contribution in [0.3, 0.4) is 0 Å². The molecule has 1 aromatic carbocycles. The highest BCUT2D eigenvalue weighted by atomic mass is 19.1. The maximum Gasteiger partial charge on any atom is 0.273 e. The Balaban J connectivity index is 1.41. The molecule has 0 bridgehead atoms. The van der Waals surface area contributed by atoms with Gasteiger partial charge in [-0.1, -0.05) is 161 Å². The average Bonchev–Trinajstić information content (AvgIpc) is 3.44. The summed E-state index contributed by atoms with van der Waals surface area (Å²) < 4.78 is 14.6. The van der Waals surface area contributed by atoms with Crippen molar-refractivity contribution in [2.75, 3.05) is 11.4 Å². The molecule has 0 fully saturated rings. The molecule has 0 saturated heterocycles. The summed E-state index contributed by atoms with van der Waals surface area (Å²) >= 11 is 0. The van der Waals surface area contributed by atoms with Gasteiger partial charge in [-0.2, -0.15) is 0 Å². The molecule has 4 rings (SSSR count). The lowest BCUT2D eigenvalue weighted by Crippen LogP contribution is -2.49. The highest BCUT2D eigenvalue weighted by Gasteiger charge is 2.34. The number of fused-ring (bicyclic) bond motifs is 1. The van der Waals surface area contributed by atoms with E-state index in [1.165, 1.54) is 128 Å². The van der Waals surface area contributed by atoms with Gasteiger partial charge in [0, 0.05) is 23.9 Å². The van der Waals surface area contributed by atoms with Crippen LogP contribution in [0.5, 0.6) is 0 Å². The molecule has 1 aliphatic heterocycles. The van der Waals surface area contributed by atoms with Crippen LogP contribution >= 0.6 is 0 Å². The molecular weight excluding hydrogens is 676 g/mol. The first-order chi connectivity index (χ1) is 26.5. The molecule has 0 atom stereocenters. The van der Waals surface area contributed by atoms with Crippen LogP contribution in [0, 0.1) is 5.82 Å². The molecule has 7 nitrogen and oxygen atoms in total. The molecule has 296 valence electrons. The van der Waals surface area contributed by atoms with Crippen LogP contribution in [0.4, 0.5) is 10.1 Å². The quantitative estimate of drug-likeness (QED) is 0.0760. The van der Waals surface area contributed by atoms with E-state index >= 15 is 0 Å². The van der Waals surface area contributed by atoms with Gasteiger partial charge in [0.1, 0.15) is 16.5 Å². The fourth-order valence-corrected chi connectivity index (χ4v) is 7.80. The number of rotatable bonds is 27. The van der Waals surface area contributed by atoms with Gasteiger partial charge >= 0.3 is 0 Å². The van der Waals surface area contributed by atoms with E-state index < -0.39 is 22.8 Å². The van der Waals surface area contributed by atoms with E-state index in [0.29, 0.717) is 35.5 Å². The number of anilines is 1. The molecule has 2 N–H and O–H groups in total. The number of halogens is 1. The number of benzene rings is 1. The zero-order chi connectivity index (χ0) is 38.4. The number of aromatic amines is 2. The number of hydrogen-bond acceptors (Lipinski definition) is 4. The highest BCUT2D eigenvalue weighted by molar-refractivity contribution is 6.32. The number of aromatic nitrogens is 3. The Morgan fingerprint density at radius 3 is 1.70 bits per heavy atom. The second-order valence-corrected chi connectivity index (χ2v) is 15.4. The van der Waals surface area contributed by atoms with Crippen molar-refractivity contribution in [2.45, 2.75) is 174 Å². The molecular formula is C46H67FN4O3. The number of nitrogens with zero attached hydrogens (tertiary/aromatic N) is 2. The molecule has 1 aliphatic rings. The number of nitrogens with one attached hydrogen (secondary N) is 2. The van der Waals surface area contributed by atoms with Crippen molar-refractivity contribution in [3.05, 3.63) is 91.1 Å². The van der Waals surface area contributed by atoms with Gasteiger partial charge in [-0.3, -0.25) is 19.4 Å². The second-order valence-electron chi connectivity index (χ2n) is 15.4. The third-order valence-corrected chi connectivity index (χ3v) is 11.0. The van der Waals surface area contributed by atoms with Crippen molar-refractivity contribution in [3.63, 3.8) is 0 Å². The Morgan fingerprint density at radius 1 is 0.630 bits per heavy atom. The summed E-state index contributed by atoms with van der Waals surface area (Å²) in [7, 11) is 0. The largest absolute Gasteiger partial charge is 0.316 e. The standard InChI is InChI=1S/C46H67FN4O3/c1-3-5-7-9-11-13-15-16-17-18-20-22-24-28-34-51-40-32-31-36(47)35-38(40)41(46(51)54)43-45(53)49-42(44(52)50-43)37(39-30-26-27-33-48-39)29-25-23-21-19-14-12-10-8-6-4-2/h26-27,30-33,35H,3-25,28-29,34H2,1-2H3,(H,49,53)(H,50,52)/b42-37-,43-41-. The minimum atomic E-state index is -0.585. The number of carbonyl (C=O) groups is 1. The smallest absolute Gasteiger partial charge is 0.273 e. The van der Waals surface area contributed by atoms with Gasteiger partial charge in [-0.15, -0.1) is 0 Å². The molecule has 2 aromatic heterocycles. The molecule has 0 aliphatic carbocycles. The van der Waals surface area contributed by atoms with Gasteiger partial charge in [0.25, 0.3) is 17.0 Å². The topological polar surface area (TPSA) is 98.9 Å². The van der Waals surface area contributed by atoms with Gasteiger partial charge < -0.3 is 14.9 Å². The number of pyridine rings is 1. The lowest BCUT2D eigenvalue weighted by molar-refractivity contribution is -0.113. The number of H-pyrrole nitrogens is 2. The van der Waals surface area contributed by atoms with E-state index in [1.54, 1.807) is 17.2 Å². The van der Waals surface area contributed by atoms with E-state index in [4.69, 9.17) is 0 Å². The van der Waals surface area contributed by atoms with E-state index in [0.717, 1.165) is 38.5 Å². The molecule has 0 radical (unpaired) electrons. The number of hydrogen-bond donors (Lipinski definition) is 2. The number of unbranched alkanes of at least 4 members (excludes halogenated alkanes) is 22. The third kappa shape index (κ3) is 13.5. The Morgan fingerprint density at radius 2 is 1.17 bits per heavy atom. The Hall–Kier alpha value is -3.81. The predicted octanol–water partition coefficient (Wildman–Crippen LogP) is 10.1. The lowest BCUT2D eigenvalue weighted by atomic mass is 10.0. The van der Waals surface area contributed by atoms with Crippen LogP contribution < -0.4 is 26.7 Å². The first-order valence-corrected chi connectivity index (χ1v) is 21.6. The van der Waals surface area contributed by atoms with Gasteiger partial charge in [0.05, 0.1) is 17.0 Å². The van der Waals surface area contributed by atoms with Crippen molar-refractivity contribution >= 4 is 22.7 Å². The lowest BCUT2D eigenvalue weighted by Gasteiger charge is -2.17. The van der Waals surface area contributed by atoms with Crippen molar-refractivity contribution in [1.29, 1.82) is 0 Å². The molecule has 0 saturated carbocycles. The monoisotopic (exact) mass is 743 g/mol. The van der Waals surface area contributed by atoms with Crippen LogP contribution in [-0.4, -0.2) is 27.4 Å². The normalized spacial score (nSPS) is 14.2. The molecule has 0 spiro atoms. The van der Waals surface area contributed by atoms with Gasteiger partial charge in [-0.05, 0) is 49.6 Å². The fraction of sp³-hybridized carbons (Fsp3) is 0.609. The Kier molecular flexibility index (Phi) is 19.5. The first-order valence-electron chi connectivity index (χ1n) is 21.6. The fourth-order valence-electron chi connectivity index (χ4n) is 7.80. The minimum Gasteiger partial charge on any atom is -0.316 e. The first kappa shape index (κ1) is 42.9. The Bertz CT molecular complexity index is 1800. The van der Waals surface area contributed by atoms with Gasteiger partial charge in [0.15, 0.2) is 0 Å². The van der Waals surface area contributed by atoms with Crippen LogP contribution in [0.25, 0.3) is 11.1 Å². The summed E-state index contributed by atoms with van der Waals surface area (Å²) in [5, 5.41) is 0.0199. The van der Waals surface area contributed by atoms with E-state index in [9.17, 15) is 18.8 Å². The summed E-state index contributed by atoms with van der Waals surface area (Å²) in [6, 6.07) is 9.76. The Labute approximate surface area is 323 Å². The van der Waals surface area contributed by atoms with Crippen LogP contribution in [0.2, 0.25) is 0 Å². The SMILES string of the molecule is CCCCCCCCCCCCCCCCN1C(=O)/C(=c2\[nH]c(=O)/c(=C(\CCCCCCCCCCCC)c3ccccn3)[nH]c2=O)c2cc(F)ccc21. The van der Waals surface area contributed by atoms with Gasteiger partial charge in [-0.25, -0.2) is 4.39 Å². The molecule has 8 heteroatoms. The van der Waals surface area contributed by atoms with Crippen LogP contribution in [-0.2, 0) is 4.79 Å². The summed E-state index contributed by atoms with van der Waals surface area (Å²) in [6.45, 7) is 4.96. The van der Waals surface area contributed by atoms with Crippen molar-refractivity contribution in [3.8, 4) is 0 Å². The van der Waals surface area contributed by atoms with Crippen LogP contribution in [0.1, 0.15) is 186 Å². The molecule has 3 heterocycles.